The van der Waals surface area contributed by atoms with Crippen LogP contribution < -0.4 is 10.2 Å². The van der Waals surface area contributed by atoms with E-state index in [1.165, 1.54) is 42.6 Å². The van der Waals surface area contributed by atoms with Gasteiger partial charge in [0.1, 0.15) is 5.69 Å². The van der Waals surface area contributed by atoms with Crippen LogP contribution in [0.2, 0.25) is 0 Å². The molecule has 336 valence electrons. The van der Waals surface area contributed by atoms with E-state index in [-0.39, 0.29) is 17.0 Å². The highest BCUT2D eigenvalue weighted by atomic mass is 32.2. The largest absolute Gasteiger partial charge is 0.503 e. The molecule has 8 aromatic carbocycles. The number of anilines is 3. The SMILES string of the molecule is C=CC1=C(/C=C\C)C2Cc3ccc4cc5c6ccc(N(c7ccc8c(c7)C(C)(C)c7ccccc7-8)c7c(O)c(O)c(O)c(O)c7O)cc6sc5c5c4c3c(n5-c3ccc(-c4ccccc4)cc3)=C2S1. The summed E-state index contributed by atoms with van der Waals surface area (Å²) in [5.41, 5.74) is 12.0. The van der Waals surface area contributed by atoms with E-state index >= 15 is 0 Å². The van der Waals surface area contributed by atoms with Gasteiger partial charge in [0.05, 0.1) is 15.6 Å². The lowest BCUT2D eigenvalue weighted by Gasteiger charge is -2.29. The van der Waals surface area contributed by atoms with E-state index in [0.29, 0.717) is 11.4 Å². The van der Waals surface area contributed by atoms with Crippen LogP contribution in [0.25, 0.3) is 74.7 Å². The Labute approximate surface area is 405 Å². The fourth-order valence-corrected chi connectivity index (χ4v) is 14.1. The molecule has 2 aliphatic carbocycles. The van der Waals surface area contributed by atoms with E-state index in [1.54, 1.807) is 16.2 Å². The second-order valence-electron chi connectivity index (χ2n) is 18.8. The number of nitrogens with zero attached hydrogens (tertiary/aromatic N) is 2. The van der Waals surface area contributed by atoms with Gasteiger partial charge in [0.15, 0.2) is 11.5 Å². The van der Waals surface area contributed by atoms with Crippen LogP contribution in [0.15, 0.2) is 169 Å². The van der Waals surface area contributed by atoms with Crippen LogP contribution in [-0.4, -0.2) is 30.1 Å². The molecule has 0 spiro atoms. The highest BCUT2D eigenvalue weighted by molar-refractivity contribution is 8.12. The second-order valence-corrected chi connectivity index (χ2v) is 20.9. The third-order valence-electron chi connectivity index (χ3n) is 14.7. The number of aromatic hydroxyl groups is 5. The zero-order valence-electron chi connectivity index (χ0n) is 37.9. The predicted molar refractivity (Wildman–Crippen MR) is 285 cm³/mol. The molecule has 0 radical (unpaired) electrons. The van der Waals surface area contributed by atoms with E-state index in [9.17, 15) is 25.5 Å². The van der Waals surface area contributed by atoms with Crippen LogP contribution in [0, 0.1) is 5.92 Å². The number of allylic oxidation sites excluding steroid dienone is 4. The standard InChI is InChI=1S/C60H44N2O5S2/c1-5-12-40-42-27-33-17-18-34-28-43-41-26-24-37(61(52-53(63)55(65)57(67)56(66)54(52)64)36-23-25-39-38-15-10-11-16-44(38)60(3,4)45(39)29-36)30-47(41)69-59(43)51-49(34)48(33)50(58(42)68-46(40)6-2)62(51)35-21-19-32(20-22-35)31-13-8-7-9-14-31/h5-26,28-30,42,63-67H,2,27H2,1,3-4H3/b12-5-. The lowest BCUT2D eigenvalue weighted by molar-refractivity contribution is 0.329. The second kappa shape index (κ2) is 14.8. The summed E-state index contributed by atoms with van der Waals surface area (Å²) in [6.45, 7) is 10.7. The molecule has 1 aliphatic heterocycles. The van der Waals surface area contributed by atoms with E-state index in [1.807, 2.05) is 66.4 Å². The summed E-state index contributed by atoms with van der Waals surface area (Å²) >= 11 is 3.52. The summed E-state index contributed by atoms with van der Waals surface area (Å²) in [6, 6.07) is 46.7. The van der Waals surface area contributed by atoms with Crippen LogP contribution in [-0.2, 0) is 11.8 Å². The number of aromatic nitrogens is 1. The molecule has 3 aliphatic rings. The Hall–Kier alpha value is -7.85. The summed E-state index contributed by atoms with van der Waals surface area (Å²) in [5, 5.41) is 62.8. The highest BCUT2D eigenvalue weighted by Crippen LogP contribution is 2.60. The summed E-state index contributed by atoms with van der Waals surface area (Å²) in [7, 11) is 0. The normalized spacial score (nSPS) is 15.8. The molecule has 3 heterocycles. The Kier molecular flexibility index (Phi) is 8.88. The molecule has 1 unspecified atom stereocenters. The monoisotopic (exact) mass is 936 g/mol. The first-order valence-electron chi connectivity index (χ1n) is 23.0. The van der Waals surface area contributed by atoms with Crippen LogP contribution >= 0.6 is 23.1 Å². The summed E-state index contributed by atoms with van der Waals surface area (Å²) in [5.74, 6) is -4.26. The molecule has 2 aromatic heterocycles. The topological polar surface area (TPSA) is 109 Å². The minimum atomic E-state index is -1.01. The van der Waals surface area contributed by atoms with Crippen molar-refractivity contribution in [1.82, 2.24) is 4.57 Å². The van der Waals surface area contributed by atoms with Crippen molar-refractivity contribution in [1.29, 1.82) is 0 Å². The Bertz CT molecular complexity index is 4000. The summed E-state index contributed by atoms with van der Waals surface area (Å²) in [6.07, 6.45) is 7.28. The third-order valence-corrected chi connectivity index (χ3v) is 17.2. The maximum Gasteiger partial charge on any atom is 0.208 e. The smallest absolute Gasteiger partial charge is 0.208 e. The van der Waals surface area contributed by atoms with Gasteiger partial charge >= 0.3 is 0 Å². The van der Waals surface area contributed by atoms with Crippen LogP contribution in [0.4, 0.5) is 17.1 Å². The van der Waals surface area contributed by atoms with Crippen molar-refractivity contribution in [3.8, 4) is 56.7 Å². The third kappa shape index (κ3) is 5.68. The van der Waals surface area contributed by atoms with Crippen LogP contribution in [0.5, 0.6) is 28.7 Å². The van der Waals surface area contributed by atoms with Gasteiger partial charge in [-0.25, -0.2) is 0 Å². The number of thioether (sulfide) groups is 1. The number of phenolic OH excluding ortho intramolecular Hbond substituents is 5. The molecule has 7 nitrogen and oxygen atoms in total. The number of hydrogen-bond donors (Lipinski definition) is 5. The molecule has 0 amide bonds. The molecule has 1 atom stereocenters. The van der Waals surface area contributed by atoms with Gasteiger partial charge in [-0.05, 0) is 106 Å². The van der Waals surface area contributed by atoms with Gasteiger partial charge < -0.3 is 35.0 Å². The van der Waals surface area contributed by atoms with Crippen molar-refractivity contribution in [3.05, 3.63) is 191 Å². The molecule has 13 rings (SSSR count). The molecular weight excluding hydrogens is 893 g/mol. The maximum atomic E-state index is 11.6. The minimum absolute atomic E-state index is 0.191. The zero-order chi connectivity index (χ0) is 47.2. The fraction of sp³-hybridized carbons (Fsp3) is 0.100. The van der Waals surface area contributed by atoms with E-state index < -0.39 is 28.7 Å². The molecular formula is C60H44N2O5S2. The number of benzene rings is 8. The van der Waals surface area contributed by atoms with Gasteiger partial charge in [-0.1, -0.05) is 141 Å². The lowest BCUT2D eigenvalue weighted by Crippen LogP contribution is -2.25. The quantitative estimate of drug-likeness (QED) is 0.0800. The Morgan fingerprint density at radius 1 is 0.681 bits per heavy atom. The van der Waals surface area contributed by atoms with Gasteiger partial charge in [0.25, 0.3) is 0 Å². The van der Waals surface area contributed by atoms with Crippen molar-refractivity contribution in [3.63, 3.8) is 0 Å². The highest BCUT2D eigenvalue weighted by Gasteiger charge is 2.38. The number of thiophene rings is 1. The number of phenols is 5. The average molecular weight is 937 g/mol. The molecule has 0 fully saturated rings. The number of fused-ring (bicyclic) bond motifs is 8. The fourth-order valence-electron chi connectivity index (χ4n) is 11.5. The number of hydrogen-bond acceptors (Lipinski definition) is 8. The number of rotatable bonds is 7. The Morgan fingerprint density at radius 2 is 1.36 bits per heavy atom. The van der Waals surface area contributed by atoms with Crippen molar-refractivity contribution < 1.29 is 25.5 Å². The van der Waals surface area contributed by atoms with E-state index in [4.69, 9.17) is 0 Å². The molecule has 0 saturated carbocycles. The van der Waals surface area contributed by atoms with Crippen molar-refractivity contribution in [2.75, 3.05) is 4.90 Å². The maximum absolute atomic E-state index is 11.6. The Morgan fingerprint density at radius 3 is 2.12 bits per heavy atom. The van der Waals surface area contributed by atoms with E-state index in [0.717, 1.165) is 71.0 Å². The van der Waals surface area contributed by atoms with Gasteiger partial charge in [0, 0.05) is 64.5 Å². The van der Waals surface area contributed by atoms with Crippen molar-refractivity contribution in [2.45, 2.75) is 32.6 Å². The molecule has 0 bridgehead atoms. The van der Waals surface area contributed by atoms with Crippen molar-refractivity contribution in [2.24, 2.45) is 5.92 Å². The first-order chi connectivity index (χ1) is 33.5. The van der Waals surface area contributed by atoms with Gasteiger partial charge in [0.2, 0.25) is 17.2 Å². The summed E-state index contributed by atoms with van der Waals surface area (Å²) in [4.78, 5) is 4.16. The molecule has 5 N–H and O–H groups in total. The zero-order valence-corrected chi connectivity index (χ0v) is 39.5. The summed E-state index contributed by atoms with van der Waals surface area (Å²) < 4.78 is 4.57. The predicted octanol–water partition coefficient (Wildman–Crippen LogP) is 14.9. The van der Waals surface area contributed by atoms with Gasteiger partial charge in [-0.3, -0.25) is 0 Å². The lowest BCUT2D eigenvalue weighted by atomic mass is 9.82. The van der Waals surface area contributed by atoms with Gasteiger partial charge in [-0.15, -0.1) is 11.3 Å². The first-order valence-corrected chi connectivity index (χ1v) is 24.7. The molecule has 10 aromatic rings. The molecule has 69 heavy (non-hydrogen) atoms. The van der Waals surface area contributed by atoms with Crippen molar-refractivity contribution >= 4 is 86.9 Å². The van der Waals surface area contributed by atoms with Crippen LogP contribution in [0.1, 0.15) is 37.5 Å². The first kappa shape index (κ1) is 41.3. The molecule has 9 heteroatoms. The minimum Gasteiger partial charge on any atom is -0.503 e. The molecule has 0 saturated heterocycles. The Balaban J connectivity index is 1.08. The van der Waals surface area contributed by atoms with E-state index in [2.05, 4.69) is 129 Å². The van der Waals surface area contributed by atoms with Crippen LogP contribution in [0.3, 0.4) is 0 Å². The average Bonchev–Trinajstić information content (AvgIpc) is 4.10. The van der Waals surface area contributed by atoms with Gasteiger partial charge in [-0.2, -0.15) is 0 Å².